The number of carbonyl (C=O) groups is 1. The zero-order valence-corrected chi connectivity index (χ0v) is 22.9. The number of nitrogens with zero attached hydrogens (tertiary/aromatic N) is 1. The summed E-state index contributed by atoms with van der Waals surface area (Å²) in [6.45, 7) is 0.347. The standard InChI is InChI=1S/C29H23Cl3N2O5/c1-36-27-16-20(4-15-26(27)37-18-19-2-5-21(30)6-3-19)17-33-34-28(35)29(38-24-11-7-22(31)8-12-24)39-25-13-9-23(32)10-14-25/h2-17,29H,18H2,1H3,(H,34,35)/b33-17+. The SMILES string of the molecule is COc1cc(/C=N/NC(=O)C(Oc2ccc(Cl)cc2)Oc2ccc(Cl)cc2)ccc1OCc1ccc(Cl)cc1. The molecule has 0 spiro atoms. The van der Waals surface area contributed by atoms with Crippen molar-refractivity contribution in [2.75, 3.05) is 7.11 Å². The van der Waals surface area contributed by atoms with Crippen molar-refractivity contribution in [3.8, 4) is 23.0 Å². The number of carbonyl (C=O) groups excluding carboxylic acids is 1. The fourth-order valence-corrected chi connectivity index (χ4v) is 3.63. The quantitative estimate of drug-likeness (QED) is 0.115. The highest BCUT2D eigenvalue weighted by Crippen LogP contribution is 2.28. The molecule has 0 radical (unpaired) electrons. The second kappa shape index (κ2) is 13.8. The van der Waals surface area contributed by atoms with Crippen molar-refractivity contribution in [3.63, 3.8) is 0 Å². The fraction of sp³-hybridized carbons (Fsp3) is 0.103. The average Bonchev–Trinajstić information content (AvgIpc) is 2.95. The van der Waals surface area contributed by atoms with Gasteiger partial charge in [-0.3, -0.25) is 4.79 Å². The number of hydrogen-bond donors (Lipinski definition) is 1. The number of methoxy groups -OCH3 is 1. The van der Waals surface area contributed by atoms with E-state index in [0.29, 0.717) is 50.2 Å². The molecule has 0 aliphatic rings. The Hall–Kier alpha value is -3.91. The van der Waals surface area contributed by atoms with Crippen LogP contribution in [0.5, 0.6) is 23.0 Å². The van der Waals surface area contributed by atoms with Gasteiger partial charge in [0.2, 0.25) is 0 Å². The highest BCUT2D eigenvalue weighted by Gasteiger charge is 2.23. The molecular weight excluding hydrogens is 563 g/mol. The maximum absolute atomic E-state index is 12.9. The lowest BCUT2D eigenvalue weighted by molar-refractivity contribution is -0.140. The first-order valence-corrected chi connectivity index (χ1v) is 12.8. The molecule has 4 aromatic rings. The third kappa shape index (κ3) is 8.55. The van der Waals surface area contributed by atoms with Crippen LogP contribution in [-0.2, 0) is 11.4 Å². The Labute approximate surface area is 240 Å². The Morgan fingerprint density at radius 1 is 0.795 bits per heavy atom. The molecule has 0 aliphatic carbocycles. The zero-order valence-electron chi connectivity index (χ0n) is 20.6. The summed E-state index contributed by atoms with van der Waals surface area (Å²) in [5.41, 5.74) is 4.07. The monoisotopic (exact) mass is 584 g/mol. The Balaban J connectivity index is 1.41. The third-order valence-electron chi connectivity index (χ3n) is 5.21. The molecule has 0 aliphatic heterocycles. The van der Waals surface area contributed by atoms with Crippen molar-refractivity contribution in [3.05, 3.63) is 117 Å². The maximum atomic E-state index is 12.9. The van der Waals surface area contributed by atoms with E-state index < -0.39 is 12.2 Å². The molecule has 1 amide bonds. The van der Waals surface area contributed by atoms with Crippen molar-refractivity contribution in [1.29, 1.82) is 0 Å². The van der Waals surface area contributed by atoms with Crippen LogP contribution in [-0.4, -0.2) is 25.5 Å². The molecule has 0 saturated heterocycles. The maximum Gasteiger partial charge on any atom is 0.323 e. The first-order valence-electron chi connectivity index (χ1n) is 11.6. The van der Waals surface area contributed by atoms with Crippen molar-refractivity contribution < 1.29 is 23.7 Å². The topological polar surface area (TPSA) is 78.4 Å². The van der Waals surface area contributed by atoms with Gasteiger partial charge in [0.15, 0.2) is 11.5 Å². The number of benzene rings is 4. The van der Waals surface area contributed by atoms with Crippen LogP contribution in [0.1, 0.15) is 11.1 Å². The molecule has 1 N–H and O–H groups in total. The summed E-state index contributed by atoms with van der Waals surface area (Å²) in [7, 11) is 1.54. The van der Waals surface area contributed by atoms with Gasteiger partial charge < -0.3 is 18.9 Å². The average molecular weight is 586 g/mol. The number of hydrazone groups is 1. The Bertz CT molecular complexity index is 1370. The van der Waals surface area contributed by atoms with Crippen molar-refractivity contribution in [1.82, 2.24) is 5.43 Å². The highest BCUT2D eigenvalue weighted by molar-refractivity contribution is 6.31. The van der Waals surface area contributed by atoms with E-state index in [4.69, 9.17) is 53.8 Å². The highest BCUT2D eigenvalue weighted by atomic mass is 35.5. The molecule has 0 heterocycles. The summed E-state index contributed by atoms with van der Waals surface area (Å²) in [5, 5.41) is 5.77. The Morgan fingerprint density at radius 2 is 1.33 bits per heavy atom. The lowest BCUT2D eigenvalue weighted by atomic mass is 10.2. The van der Waals surface area contributed by atoms with Gasteiger partial charge in [-0.1, -0.05) is 46.9 Å². The van der Waals surface area contributed by atoms with E-state index in [2.05, 4.69) is 10.5 Å². The van der Waals surface area contributed by atoms with Gasteiger partial charge in [0.05, 0.1) is 13.3 Å². The molecule has 200 valence electrons. The van der Waals surface area contributed by atoms with E-state index in [1.165, 1.54) is 6.21 Å². The normalized spacial score (nSPS) is 10.9. The van der Waals surface area contributed by atoms with Gasteiger partial charge in [-0.25, -0.2) is 5.43 Å². The van der Waals surface area contributed by atoms with E-state index in [1.807, 2.05) is 12.1 Å². The molecule has 0 aromatic heterocycles. The summed E-state index contributed by atoms with van der Waals surface area (Å²) >= 11 is 17.8. The summed E-state index contributed by atoms with van der Waals surface area (Å²) in [5.74, 6) is 1.20. The van der Waals surface area contributed by atoms with Crippen LogP contribution < -0.4 is 24.4 Å². The van der Waals surface area contributed by atoms with E-state index in [9.17, 15) is 4.79 Å². The number of ether oxygens (including phenoxy) is 4. The fourth-order valence-electron chi connectivity index (χ4n) is 3.25. The smallest absolute Gasteiger partial charge is 0.323 e. The molecule has 10 heteroatoms. The van der Waals surface area contributed by atoms with Gasteiger partial charge in [-0.15, -0.1) is 0 Å². The molecule has 39 heavy (non-hydrogen) atoms. The summed E-state index contributed by atoms with van der Waals surface area (Å²) < 4.78 is 22.8. The van der Waals surface area contributed by atoms with Gasteiger partial charge in [-0.2, -0.15) is 5.10 Å². The van der Waals surface area contributed by atoms with Crippen LogP contribution in [0.15, 0.2) is 96.1 Å². The van der Waals surface area contributed by atoms with Gasteiger partial charge >= 0.3 is 12.2 Å². The lowest BCUT2D eigenvalue weighted by Crippen LogP contribution is -2.40. The molecule has 4 aromatic carbocycles. The van der Waals surface area contributed by atoms with E-state index in [0.717, 1.165) is 5.56 Å². The lowest BCUT2D eigenvalue weighted by Gasteiger charge is -2.19. The minimum absolute atomic E-state index is 0.347. The summed E-state index contributed by atoms with van der Waals surface area (Å²) in [4.78, 5) is 12.9. The molecule has 0 saturated carbocycles. The second-order valence-electron chi connectivity index (χ2n) is 8.04. The Morgan fingerprint density at radius 3 is 1.87 bits per heavy atom. The zero-order chi connectivity index (χ0) is 27.6. The van der Waals surface area contributed by atoms with Gasteiger partial charge in [-0.05, 0) is 90.0 Å². The molecule has 0 fully saturated rings. The molecule has 0 atom stereocenters. The van der Waals surface area contributed by atoms with Crippen LogP contribution in [0.3, 0.4) is 0 Å². The number of rotatable bonds is 11. The van der Waals surface area contributed by atoms with Crippen LogP contribution in [0.2, 0.25) is 15.1 Å². The molecule has 7 nitrogen and oxygen atoms in total. The van der Waals surface area contributed by atoms with Gasteiger partial charge in [0, 0.05) is 15.1 Å². The third-order valence-corrected chi connectivity index (χ3v) is 5.97. The van der Waals surface area contributed by atoms with Crippen LogP contribution in [0.25, 0.3) is 0 Å². The Kier molecular flexibility index (Phi) is 9.91. The number of amides is 1. The van der Waals surface area contributed by atoms with E-state index in [1.54, 1.807) is 86.0 Å². The number of halogens is 3. The van der Waals surface area contributed by atoms with Crippen LogP contribution in [0.4, 0.5) is 0 Å². The van der Waals surface area contributed by atoms with Crippen molar-refractivity contribution >= 4 is 46.9 Å². The minimum atomic E-state index is -1.34. The molecular formula is C29H23Cl3N2O5. The molecule has 0 unspecified atom stereocenters. The summed E-state index contributed by atoms with van der Waals surface area (Å²) in [6, 6.07) is 25.7. The van der Waals surface area contributed by atoms with Gasteiger partial charge in [0.1, 0.15) is 18.1 Å². The predicted octanol–water partition coefficient (Wildman–Crippen LogP) is 7.17. The van der Waals surface area contributed by atoms with Crippen molar-refractivity contribution in [2.45, 2.75) is 12.9 Å². The number of hydrogen-bond acceptors (Lipinski definition) is 6. The first kappa shape index (κ1) is 28.1. The number of nitrogens with one attached hydrogen (secondary N) is 1. The van der Waals surface area contributed by atoms with Crippen molar-refractivity contribution in [2.24, 2.45) is 5.10 Å². The minimum Gasteiger partial charge on any atom is -0.493 e. The first-order chi connectivity index (χ1) is 18.9. The van der Waals surface area contributed by atoms with Crippen LogP contribution in [0, 0.1) is 0 Å². The van der Waals surface area contributed by atoms with E-state index in [-0.39, 0.29) is 0 Å². The largest absolute Gasteiger partial charge is 0.493 e. The second-order valence-corrected chi connectivity index (χ2v) is 9.34. The predicted molar refractivity (Wildman–Crippen MR) is 152 cm³/mol. The van der Waals surface area contributed by atoms with Crippen LogP contribution >= 0.6 is 34.8 Å². The molecule has 0 bridgehead atoms. The van der Waals surface area contributed by atoms with E-state index >= 15 is 0 Å². The summed E-state index contributed by atoms with van der Waals surface area (Å²) in [6.07, 6.45) is 0.119. The molecule has 4 rings (SSSR count). The van der Waals surface area contributed by atoms with Gasteiger partial charge in [0.25, 0.3) is 0 Å².